The zero-order valence-electron chi connectivity index (χ0n) is 21.8. The van der Waals surface area contributed by atoms with Crippen molar-refractivity contribution in [3.05, 3.63) is 92.9 Å². The summed E-state index contributed by atoms with van der Waals surface area (Å²) in [6, 6.07) is 16.8. The molecule has 0 aliphatic carbocycles. The number of sulfonamides is 1. The Morgan fingerprint density at radius 1 is 0.897 bits per heavy atom. The van der Waals surface area contributed by atoms with Crippen molar-refractivity contribution in [2.75, 3.05) is 17.4 Å². The molecule has 2 amide bonds. The maximum absolute atomic E-state index is 14.0. The van der Waals surface area contributed by atoms with E-state index >= 15 is 0 Å². The molecule has 3 rings (SSSR count). The van der Waals surface area contributed by atoms with Gasteiger partial charge in [-0.2, -0.15) is 0 Å². The van der Waals surface area contributed by atoms with Gasteiger partial charge in [0, 0.05) is 18.1 Å². The van der Waals surface area contributed by atoms with Gasteiger partial charge in [0.05, 0.1) is 20.6 Å². The van der Waals surface area contributed by atoms with Crippen molar-refractivity contribution < 1.29 is 18.0 Å². The lowest BCUT2D eigenvalue weighted by molar-refractivity contribution is -0.140. The molecular weight excluding hydrogens is 581 g/mol. The molecule has 0 aliphatic rings. The topological polar surface area (TPSA) is 86.8 Å². The molecule has 39 heavy (non-hydrogen) atoms. The minimum Gasteiger partial charge on any atom is -0.355 e. The number of benzene rings is 3. The molecule has 0 unspecified atom stereocenters. The number of amides is 2. The van der Waals surface area contributed by atoms with Crippen LogP contribution < -0.4 is 9.62 Å². The van der Waals surface area contributed by atoms with Crippen LogP contribution in [0.25, 0.3) is 0 Å². The normalized spacial score (nSPS) is 12.1. The Kier molecular flexibility index (Phi) is 10.7. The predicted octanol–water partition coefficient (Wildman–Crippen LogP) is 6.09. The van der Waals surface area contributed by atoms with E-state index in [-0.39, 0.29) is 33.1 Å². The van der Waals surface area contributed by atoms with Crippen LogP contribution in [-0.2, 0) is 26.2 Å². The minimum absolute atomic E-state index is 0.000365. The molecule has 0 aliphatic heterocycles. The monoisotopic (exact) mass is 609 g/mol. The fourth-order valence-corrected chi connectivity index (χ4v) is 5.92. The summed E-state index contributed by atoms with van der Waals surface area (Å²) in [4.78, 5) is 28.3. The van der Waals surface area contributed by atoms with E-state index in [1.165, 1.54) is 35.2 Å². The highest BCUT2D eigenvalue weighted by molar-refractivity contribution is 7.92. The molecule has 0 saturated heterocycles. The van der Waals surface area contributed by atoms with Crippen LogP contribution in [0, 0.1) is 6.92 Å². The molecule has 11 heteroatoms. The summed E-state index contributed by atoms with van der Waals surface area (Å²) in [6.07, 6.45) is 0.305. The van der Waals surface area contributed by atoms with Gasteiger partial charge in [-0.05, 0) is 62.2 Å². The fraction of sp³-hybridized carbons (Fsp3) is 0.286. The van der Waals surface area contributed by atoms with Crippen LogP contribution in [-0.4, -0.2) is 44.3 Å². The van der Waals surface area contributed by atoms with Crippen LogP contribution >= 0.6 is 34.8 Å². The second-order valence-corrected chi connectivity index (χ2v) is 11.9. The summed E-state index contributed by atoms with van der Waals surface area (Å²) in [6.45, 7) is 5.20. The van der Waals surface area contributed by atoms with Crippen molar-refractivity contribution in [3.8, 4) is 0 Å². The Hall–Kier alpha value is -2.78. The summed E-state index contributed by atoms with van der Waals surface area (Å²) in [7, 11) is -4.22. The van der Waals surface area contributed by atoms with Gasteiger partial charge in [0.1, 0.15) is 12.6 Å². The molecule has 0 heterocycles. The van der Waals surface area contributed by atoms with E-state index in [4.69, 9.17) is 34.8 Å². The second-order valence-electron chi connectivity index (χ2n) is 8.85. The van der Waals surface area contributed by atoms with Gasteiger partial charge < -0.3 is 10.2 Å². The number of rotatable bonds is 11. The van der Waals surface area contributed by atoms with Crippen molar-refractivity contribution in [2.24, 2.45) is 0 Å². The lowest BCUT2D eigenvalue weighted by Crippen LogP contribution is -2.52. The maximum Gasteiger partial charge on any atom is 0.264 e. The third kappa shape index (κ3) is 7.45. The van der Waals surface area contributed by atoms with Crippen molar-refractivity contribution >= 4 is 62.3 Å². The first-order chi connectivity index (χ1) is 18.5. The Morgan fingerprint density at radius 2 is 1.56 bits per heavy atom. The van der Waals surface area contributed by atoms with Crippen LogP contribution in [0.15, 0.2) is 71.6 Å². The van der Waals surface area contributed by atoms with Crippen molar-refractivity contribution in [1.82, 2.24) is 10.2 Å². The first-order valence-electron chi connectivity index (χ1n) is 12.3. The number of carbonyl (C=O) groups is 2. The largest absolute Gasteiger partial charge is 0.355 e. The number of nitrogens with zero attached hydrogens (tertiary/aromatic N) is 2. The summed E-state index contributed by atoms with van der Waals surface area (Å²) in [5.74, 6) is -0.933. The van der Waals surface area contributed by atoms with Gasteiger partial charge in [0.25, 0.3) is 10.0 Å². The highest BCUT2D eigenvalue weighted by Crippen LogP contribution is 2.31. The quantitative estimate of drug-likeness (QED) is 0.285. The van der Waals surface area contributed by atoms with E-state index in [9.17, 15) is 18.0 Å². The SMILES string of the molecule is CCNC(=O)[C@@H](CC)N(Cc1ccccc1Cl)C(=O)CN(c1ccc(Cl)c(Cl)c1)S(=O)(=O)c1ccc(C)cc1. The first-order valence-corrected chi connectivity index (χ1v) is 14.9. The van der Waals surface area contributed by atoms with Gasteiger partial charge in [-0.25, -0.2) is 8.42 Å². The summed E-state index contributed by atoms with van der Waals surface area (Å²) < 4.78 is 28.7. The Bertz CT molecular complexity index is 1430. The number of carbonyl (C=O) groups excluding carboxylic acids is 2. The number of aryl methyl sites for hydroxylation is 1. The third-order valence-electron chi connectivity index (χ3n) is 6.11. The van der Waals surface area contributed by atoms with Crippen LogP contribution in [0.3, 0.4) is 0 Å². The standard InChI is InChI=1S/C28H30Cl3N3O4S/c1-4-26(28(36)32-5-2)33(17-20-8-6-7-9-23(20)29)27(35)18-34(21-12-15-24(30)25(31)16-21)39(37,38)22-13-10-19(3)11-14-22/h6-16,26H,4-5,17-18H2,1-3H3,(H,32,36)/t26-/m1/s1. The number of hydrogen-bond acceptors (Lipinski definition) is 4. The van der Waals surface area contributed by atoms with Gasteiger partial charge in [-0.3, -0.25) is 13.9 Å². The fourth-order valence-electron chi connectivity index (χ4n) is 4.03. The number of halogens is 3. The number of nitrogens with one attached hydrogen (secondary N) is 1. The zero-order chi connectivity index (χ0) is 28.7. The Morgan fingerprint density at radius 3 is 2.15 bits per heavy atom. The van der Waals surface area contributed by atoms with Gasteiger partial charge in [0.15, 0.2) is 0 Å². The van der Waals surface area contributed by atoms with E-state index in [2.05, 4.69) is 5.32 Å². The number of hydrogen-bond donors (Lipinski definition) is 1. The van der Waals surface area contributed by atoms with Crippen molar-refractivity contribution in [2.45, 2.75) is 44.7 Å². The maximum atomic E-state index is 14.0. The highest BCUT2D eigenvalue weighted by Gasteiger charge is 2.34. The lowest BCUT2D eigenvalue weighted by Gasteiger charge is -2.33. The van der Waals surface area contributed by atoms with Gasteiger partial charge in [0.2, 0.25) is 11.8 Å². The molecule has 0 aromatic heterocycles. The molecule has 0 bridgehead atoms. The second kappa shape index (κ2) is 13.5. The predicted molar refractivity (Wildman–Crippen MR) is 157 cm³/mol. The molecular formula is C28H30Cl3N3O4S. The summed E-state index contributed by atoms with van der Waals surface area (Å²) in [5.41, 5.74) is 1.66. The Labute approximate surface area is 244 Å². The molecule has 0 fully saturated rings. The van der Waals surface area contributed by atoms with Gasteiger partial charge in [-0.15, -0.1) is 0 Å². The van der Waals surface area contributed by atoms with E-state index in [1.807, 2.05) is 6.92 Å². The molecule has 1 N–H and O–H groups in total. The zero-order valence-corrected chi connectivity index (χ0v) is 24.9. The van der Waals surface area contributed by atoms with E-state index in [0.717, 1.165) is 9.87 Å². The van der Waals surface area contributed by atoms with Gasteiger partial charge in [-0.1, -0.05) is 77.6 Å². The van der Waals surface area contributed by atoms with Crippen LogP contribution in [0.5, 0.6) is 0 Å². The molecule has 0 spiro atoms. The average Bonchev–Trinajstić information content (AvgIpc) is 2.90. The minimum atomic E-state index is -4.22. The van der Waals surface area contributed by atoms with Gasteiger partial charge >= 0.3 is 0 Å². The Balaban J connectivity index is 2.10. The molecule has 3 aromatic rings. The molecule has 0 saturated carbocycles. The average molecular weight is 611 g/mol. The van der Waals surface area contributed by atoms with Crippen molar-refractivity contribution in [1.29, 1.82) is 0 Å². The van der Waals surface area contributed by atoms with E-state index in [0.29, 0.717) is 23.6 Å². The van der Waals surface area contributed by atoms with Crippen molar-refractivity contribution in [3.63, 3.8) is 0 Å². The number of anilines is 1. The molecule has 1 atom stereocenters. The van der Waals surface area contributed by atoms with Crippen LogP contribution in [0.4, 0.5) is 5.69 Å². The smallest absolute Gasteiger partial charge is 0.264 e. The highest BCUT2D eigenvalue weighted by atomic mass is 35.5. The van der Waals surface area contributed by atoms with E-state index in [1.54, 1.807) is 50.2 Å². The first kappa shape index (κ1) is 30.8. The number of likely N-dealkylation sites (N-methyl/N-ethyl adjacent to an activating group) is 1. The van der Waals surface area contributed by atoms with Crippen LogP contribution in [0.2, 0.25) is 15.1 Å². The molecule has 0 radical (unpaired) electrons. The lowest BCUT2D eigenvalue weighted by atomic mass is 10.1. The third-order valence-corrected chi connectivity index (χ3v) is 9.01. The van der Waals surface area contributed by atoms with E-state index < -0.39 is 28.5 Å². The summed E-state index contributed by atoms with van der Waals surface area (Å²) in [5, 5.41) is 3.56. The van der Waals surface area contributed by atoms with Crippen LogP contribution in [0.1, 0.15) is 31.4 Å². The molecule has 3 aromatic carbocycles. The molecule has 208 valence electrons. The summed E-state index contributed by atoms with van der Waals surface area (Å²) >= 11 is 18.7. The molecule has 7 nitrogen and oxygen atoms in total.